The highest BCUT2D eigenvalue weighted by Crippen LogP contribution is 2.25. The van der Waals surface area contributed by atoms with Crippen molar-refractivity contribution in [3.63, 3.8) is 0 Å². The molecule has 19 heavy (non-hydrogen) atoms. The van der Waals surface area contributed by atoms with Crippen molar-refractivity contribution in [2.24, 2.45) is 0 Å². The van der Waals surface area contributed by atoms with E-state index < -0.39 is 11.6 Å². The fourth-order valence-electron chi connectivity index (χ4n) is 2.13. The van der Waals surface area contributed by atoms with Crippen LogP contribution >= 0.6 is 0 Å². The Morgan fingerprint density at radius 1 is 1.63 bits per heavy atom. The number of aliphatic hydroxyl groups is 1. The monoisotopic (exact) mass is 266 g/mol. The Labute approximate surface area is 111 Å². The van der Waals surface area contributed by atoms with E-state index in [9.17, 15) is 9.90 Å². The number of nitrogens with one attached hydrogen (secondary N) is 1. The van der Waals surface area contributed by atoms with E-state index in [1.54, 1.807) is 13.0 Å². The standard InChI is InChI=1S/C13H18N2O4/c1-8-10(12(16)17)3-4-11(15-8)14-7-13(18)5-6-19-9(13)2/h3-4,9,18H,5-7H2,1-2H3,(H,14,15)(H,16,17). The molecule has 1 saturated heterocycles. The van der Waals surface area contributed by atoms with Crippen molar-refractivity contribution in [3.8, 4) is 0 Å². The van der Waals surface area contributed by atoms with Crippen molar-refractivity contribution in [1.29, 1.82) is 0 Å². The Kier molecular flexibility index (Phi) is 3.73. The largest absolute Gasteiger partial charge is 0.478 e. The van der Waals surface area contributed by atoms with Crippen LogP contribution in [0.4, 0.5) is 5.82 Å². The smallest absolute Gasteiger partial charge is 0.337 e. The fraction of sp³-hybridized carbons (Fsp3) is 0.538. The third-order valence-electron chi connectivity index (χ3n) is 3.55. The third kappa shape index (κ3) is 2.85. The number of hydrogen-bond acceptors (Lipinski definition) is 5. The fourth-order valence-corrected chi connectivity index (χ4v) is 2.13. The van der Waals surface area contributed by atoms with E-state index in [2.05, 4.69) is 10.3 Å². The van der Waals surface area contributed by atoms with E-state index in [0.29, 0.717) is 31.1 Å². The van der Waals surface area contributed by atoms with Gasteiger partial charge in [-0.3, -0.25) is 0 Å². The van der Waals surface area contributed by atoms with Crippen LogP contribution in [0.25, 0.3) is 0 Å². The van der Waals surface area contributed by atoms with Crippen LogP contribution in [0.3, 0.4) is 0 Å². The molecule has 0 saturated carbocycles. The summed E-state index contributed by atoms with van der Waals surface area (Å²) in [6, 6.07) is 3.10. The van der Waals surface area contributed by atoms with E-state index in [1.807, 2.05) is 6.92 Å². The first-order chi connectivity index (χ1) is 8.92. The molecule has 1 fully saturated rings. The molecule has 1 aromatic heterocycles. The molecule has 6 heteroatoms. The maximum Gasteiger partial charge on any atom is 0.337 e. The molecule has 0 bridgehead atoms. The first kappa shape index (κ1) is 13.8. The molecule has 2 unspecified atom stereocenters. The highest BCUT2D eigenvalue weighted by molar-refractivity contribution is 5.89. The summed E-state index contributed by atoms with van der Waals surface area (Å²) < 4.78 is 5.34. The molecular formula is C13H18N2O4. The Morgan fingerprint density at radius 3 is 2.89 bits per heavy atom. The predicted molar refractivity (Wildman–Crippen MR) is 69.4 cm³/mol. The van der Waals surface area contributed by atoms with Gasteiger partial charge in [0.25, 0.3) is 0 Å². The second-order valence-electron chi connectivity index (χ2n) is 4.85. The van der Waals surface area contributed by atoms with Gasteiger partial charge in [0.2, 0.25) is 0 Å². The molecule has 0 aromatic carbocycles. The molecule has 2 heterocycles. The molecule has 3 N–H and O–H groups in total. The van der Waals surface area contributed by atoms with Crippen LogP contribution in [0.15, 0.2) is 12.1 Å². The highest BCUT2D eigenvalue weighted by Gasteiger charge is 2.39. The lowest BCUT2D eigenvalue weighted by Gasteiger charge is -2.26. The number of ether oxygens (including phenoxy) is 1. The van der Waals surface area contributed by atoms with Gasteiger partial charge in [-0.1, -0.05) is 0 Å². The van der Waals surface area contributed by atoms with Crippen molar-refractivity contribution < 1.29 is 19.7 Å². The minimum absolute atomic E-state index is 0.182. The van der Waals surface area contributed by atoms with Crippen LogP contribution in [0, 0.1) is 6.92 Å². The summed E-state index contributed by atoms with van der Waals surface area (Å²) >= 11 is 0. The minimum atomic E-state index is -0.993. The van der Waals surface area contributed by atoms with E-state index in [1.165, 1.54) is 6.07 Å². The van der Waals surface area contributed by atoms with Crippen LogP contribution in [0.1, 0.15) is 29.4 Å². The molecule has 0 amide bonds. The van der Waals surface area contributed by atoms with E-state index in [0.717, 1.165) is 0 Å². The van der Waals surface area contributed by atoms with Gasteiger partial charge in [-0.05, 0) is 26.0 Å². The number of nitrogens with zero attached hydrogens (tertiary/aromatic N) is 1. The van der Waals surface area contributed by atoms with E-state index in [4.69, 9.17) is 9.84 Å². The summed E-state index contributed by atoms with van der Waals surface area (Å²) in [7, 11) is 0. The molecule has 2 rings (SSSR count). The lowest BCUT2D eigenvalue weighted by Crippen LogP contribution is -2.43. The molecule has 2 atom stereocenters. The van der Waals surface area contributed by atoms with Crippen molar-refractivity contribution in [3.05, 3.63) is 23.4 Å². The van der Waals surface area contributed by atoms with Crippen LogP contribution in [0.2, 0.25) is 0 Å². The summed E-state index contributed by atoms with van der Waals surface area (Å²) in [6.45, 7) is 4.35. The lowest BCUT2D eigenvalue weighted by atomic mass is 9.97. The molecule has 0 spiro atoms. The Bertz CT molecular complexity index is 492. The number of aromatic nitrogens is 1. The summed E-state index contributed by atoms with van der Waals surface area (Å²) in [5, 5.41) is 22.3. The second-order valence-corrected chi connectivity index (χ2v) is 4.85. The topological polar surface area (TPSA) is 91.7 Å². The number of pyridine rings is 1. The second kappa shape index (κ2) is 5.14. The zero-order valence-corrected chi connectivity index (χ0v) is 11.0. The number of carboxylic acid groups (broad SMARTS) is 1. The van der Waals surface area contributed by atoms with Gasteiger partial charge in [0, 0.05) is 19.6 Å². The predicted octanol–water partition coefficient (Wildman–Crippen LogP) is 1.04. The molecular weight excluding hydrogens is 248 g/mol. The van der Waals surface area contributed by atoms with Crippen molar-refractivity contribution in [2.75, 3.05) is 18.5 Å². The summed E-state index contributed by atoms with van der Waals surface area (Å²) in [5.41, 5.74) is -0.275. The van der Waals surface area contributed by atoms with Gasteiger partial charge in [0.1, 0.15) is 11.4 Å². The molecule has 6 nitrogen and oxygen atoms in total. The SMILES string of the molecule is Cc1nc(NCC2(O)CCOC2C)ccc1C(=O)O. The van der Waals surface area contributed by atoms with Gasteiger partial charge >= 0.3 is 5.97 Å². The summed E-state index contributed by atoms with van der Waals surface area (Å²) in [5.74, 6) is -0.442. The maximum absolute atomic E-state index is 10.9. The van der Waals surface area contributed by atoms with Gasteiger partial charge in [-0.15, -0.1) is 0 Å². The summed E-state index contributed by atoms with van der Waals surface area (Å²) in [4.78, 5) is 15.0. The molecule has 0 radical (unpaired) electrons. The number of anilines is 1. The molecule has 1 aromatic rings. The average Bonchev–Trinajstić information content (AvgIpc) is 2.67. The summed E-state index contributed by atoms with van der Waals surface area (Å²) in [6.07, 6.45) is 0.354. The first-order valence-electron chi connectivity index (χ1n) is 6.21. The molecule has 0 aliphatic carbocycles. The zero-order valence-electron chi connectivity index (χ0n) is 11.0. The van der Waals surface area contributed by atoms with E-state index in [-0.39, 0.29) is 11.7 Å². The number of aryl methyl sites for hydroxylation is 1. The highest BCUT2D eigenvalue weighted by atomic mass is 16.5. The number of hydrogen-bond donors (Lipinski definition) is 3. The van der Waals surface area contributed by atoms with Gasteiger partial charge in [-0.25, -0.2) is 9.78 Å². The first-order valence-corrected chi connectivity index (χ1v) is 6.21. The van der Waals surface area contributed by atoms with Crippen molar-refractivity contribution in [2.45, 2.75) is 32.0 Å². The third-order valence-corrected chi connectivity index (χ3v) is 3.55. The van der Waals surface area contributed by atoms with Crippen LogP contribution in [-0.4, -0.2) is 46.0 Å². The number of carbonyl (C=O) groups is 1. The molecule has 104 valence electrons. The van der Waals surface area contributed by atoms with Crippen LogP contribution in [-0.2, 0) is 4.74 Å². The quantitative estimate of drug-likeness (QED) is 0.754. The Hall–Kier alpha value is -1.66. The lowest BCUT2D eigenvalue weighted by molar-refractivity contribution is -0.0176. The maximum atomic E-state index is 10.9. The van der Waals surface area contributed by atoms with Crippen LogP contribution < -0.4 is 5.32 Å². The molecule has 1 aliphatic rings. The van der Waals surface area contributed by atoms with Gasteiger partial charge in [0.15, 0.2) is 0 Å². The van der Waals surface area contributed by atoms with E-state index >= 15 is 0 Å². The van der Waals surface area contributed by atoms with Crippen molar-refractivity contribution in [1.82, 2.24) is 4.98 Å². The average molecular weight is 266 g/mol. The number of rotatable bonds is 4. The number of aromatic carboxylic acids is 1. The van der Waals surface area contributed by atoms with Gasteiger partial charge in [0.05, 0.1) is 17.4 Å². The van der Waals surface area contributed by atoms with Gasteiger partial charge < -0.3 is 20.3 Å². The number of carboxylic acids is 1. The Morgan fingerprint density at radius 2 is 2.37 bits per heavy atom. The molecule has 1 aliphatic heterocycles. The minimum Gasteiger partial charge on any atom is -0.478 e. The Balaban J connectivity index is 2.04. The normalized spacial score (nSPS) is 26.4. The zero-order chi connectivity index (χ0) is 14.0. The van der Waals surface area contributed by atoms with Gasteiger partial charge in [-0.2, -0.15) is 0 Å². The van der Waals surface area contributed by atoms with Crippen LogP contribution in [0.5, 0.6) is 0 Å². The van der Waals surface area contributed by atoms with Crippen molar-refractivity contribution >= 4 is 11.8 Å².